The van der Waals surface area contributed by atoms with Crippen molar-refractivity contribution >= 4 is 17.8 Å². The molecule has 0 heterocycles. The van der Waals surface area contributed by atoms with E-state index in [4.69, 9.17) is 9.47 Å². The smallest absolute Gasteiger partial charge is 0.338 e. The van der Waals surface area contributed by atoms with E-state index in [0.29, 0.717) is 17.6 Å². The number of carbonyl (C=O) groups is 3. The summed E-state index contributed by atoms with van der Waals surface area (Å²) in [5.41, 5.74) is 4.10. The Hall–Kier alpha value is -3.69. The zero-order chi connectivity index (χ0) is 20.7. The molecule has 0 aromatic heterocycles. The Kier molecular flexibility index (Phi) is 6.85. The molecule has 0 aliphatic carbocycles. The maximum Gasteiger partial charge on any atom is 0.338 e. The van der Waals surface area contributed by atoms with E-state index >= 15 is 0 Å². The number of nitrogens with one attached hydrogen (secondary N) is 2. The Balaban J connectivity index is 1.85. The van der Waals surface area contributed by atoms with Crippen LogP contribution in [0.1, 0.15) is 20.7 Å². The topological polar surface area (TPSA) is 103 Å². The molecule has 0 unspecified atom stereocenters. The van der Waals surface area contributed by atoms with Gasteiger partial charge in [0.1, 0.15) is 0 Å². The Morgan fingerprint density at radius 2 is 1.54 bits per heavy atom. The summed E-state index contributed by atoms with van der Waals surface area (Å²) in [6.45, 7) is -0.746. The van der Waals surface area contributed by atoms with E-state index in [9.17, 15) is 23.2 Å². The quantitative estimate of drug-likeness (QED) is 0.570. The van der Waals surface area contributed by atoms with Gasteiger partial charge in [-0.05, 0) is 36.4 Å². The summed E-state index contributed by atoms with van der Waals surface area (Å²) in [6.07, 6.45) is 0. The molecule has 0 aliphatic heterocycles. The summed E-state index contributed by atoms with van der Waals surface area (Å²) in [6, 6.07) is 6.79. The average Bonchev–Trinajstić information content (AvgIpc) is 2.71. The van der Waals surface area contributed by atoms with Gasteiger partial charge >= 0.3 is 5.97 Å². The minimum absolute atomic E-state index is 0.178. The molecule has 0 saturated carbocycles. The lowest BCUT2D eigenvalue weighted by molar-refractivity contribution is -0.125. The Bertz CT molecular complexity index is 904. The van der Waals surface area contributed by atoms with Crippen molar-refractivity contribution in [2.45, 2.75) is 0 Å². The van der Waals surface area contributed by atoms with Crippen LogP contribution < -0.4 is 20.3 Å². The molecule has 8 nitrogen and oxygen atoms in total. The predicted molar refractivity (Wildman–Crippen MR) is 91.8 cm³/mol. The summed E-state index contributed by atoms with van der Waals surface area (Å²) in [5.74, 6) is -4.12. The number of methoxy groups -OCH3 is 2. The molecule has 148 valence electrons. The molecule has 2 N–H and O–H groups in total. The van der Waals surface area contributed by atoms with Gasteiger partial charge in [-0.25, -0.2) is 13.6 Å². The number of hydrogen-bond acceptors (Lipinski definition) is 6. The number of benzene rings is 2. The normalized spacial score (nSPS) is 10.0. The third-order valence-corrected chi connectivity index (χ3v) is 3.45. The van der Waals surface area contributed by atoms with Crippen LogP contribution in [0.5, 0.6) is 11.5 Å². The highest BCUT2D eigenvalue weighted by atomic mass is 19.2. The number of rotatable bonds is 6. The minimum Gasteiger partial charge on any atom is -0.493 e. The monoisotopic (exact) mass is 394 g/mol. The van der Waals surface area contributed by atoms with E-state index in [2.05, 4.69) is 15.6 Å². The highest BCUT2D eigenvalue weighted by Gasteiger charge is 2.14. The number of hydrazine groups is 1. The van der Waals surface area contributed by atoms with Gasteiger partial charge in [0.25, 0.3) is 11.8 Å². The molecule has 0 radical (unpaired) electrons. The zero-order valence-corrected chi connectivity index (χ0v) is 14.9. The number of amides is 2. The van der Waals surface area contributed by atoms with Crippen LogP contribution >= 0.6 is 0 Å². The highest BCUT2D eigenvalue weighted by molar-refractivity contribution is 5.96. The summed E-state index contributed by atoms with van der Waals surface area (Å²) in [5, 5.41) is 0. The second-order valence-corrected chi connectivity index (χ2v) is 5.28. The van der Waals surface area contributed by atoms with Gasteiger partial charge in [0.15, 0.2) is 29.7 Å². The van der Waals surface area contributed by atoms with Crippen molar-refractivity contribution in [2.75, 3.05) is 20.8 Å². The molecular weight excluding hydrogens is 378 g/mol. The third-order valence-electron chi connectivity index (χ3n) is 3.45. The van der Waals surface area contributed by atoms with Crippen LogP contribution in [0.2, 0.25) is 0 Å². The van der Waals surface area contributed by atoms with Crippen LogP contribution in [0, 0.1) is 11.6 Å². The van der Waals surface area contributed by atoms with Crippen molar-refractivity contribution in [2.24, 2.45) is 0 Å². The lowest BCUT2D eigenvalue weighted by atomic mass is 10.2. The average molecular weight is 394 g/mol. The summed E-state index contributed by atoms with van der Waals surface area (Å²) < 4.78 is 40.7. The molecule has 2 rings (SSSR count). The third kappa shape index (κ3) is 5.16. The van der Waals surface area contributed by atoms with Gasteiger partial charge in [0, 0.05) is 5.56 Å². The fraction of sp³-hybridized carbons (Fsp3) is 0.167. The van der Waals surface area contributed by atoms with E-state index < -0.39 is 36.0 Å². The molecule has 0 atom stereocenters. The fourth-order valence-corrected chi connectivity index (χ4v) is 2.05. The van der Waals surface area contributed by atoms with Gasteiger partial charge in [0.05, 0.1) is 19.8 Å². The van der Waals surface area contributed by atoms with Crippen molar-refractivity contribution in [3.8, 4) is 11.5 Å². The van der Waals surface area contributed by atoms with Crippen molar-refractivity contribution < 1.29 is 37.4 Å². The maximum atomic E-state index is 13.1. The molecule has 0 aliphatic rings. The fourth-order valence-electron chi connectivity index (χ4n) is 2.05. The van der Waals surface area contributed by atoms with Crippen LogP contribution in [0.3, 0.4) is 0 Å². The van der Waals surface area contributed by atoms with Crippen LogP contribution in [-0.2, 0) is 9.53 Å². The van der Waals surface area contributed by atoms with E-state index in [1.165, 1.54) is 32.4 Å². The number of ether oxygens (including phenoxy) is 3. The zero-order valence-electron chi connectivity index (χ0n) is 14.9. The second kappa shape index (κ2) is 9.31. The largest absolute Gasteiger partial charge is 0.493 e. The van der Waals surface area contributed by atoms with Crippen LogP contribution in [0.25, 0.3) is 0 Å². The highest BCUT2D eigenvalue weighted by Crippen LogP contribution is 2.27. The van der Waals surface area contributed by atoms with Gasteiger partial charge in [-0.3, -0.25) is 20.4 Å². The van der Waals surface area contributed by atoms with Crippen molar-refractivity contribution in [3.05, 3.63) is 59.2 Å². The Morgan fingerprint density at radius 1 is 0.857 bits per heavy atom. The van der Waals surface area contributed by atoms with Gasteiger partial charge in [-0.1, -0.05) is 0 Å². The number of carbonyl (C=O) groups excluding carboxylic acids is 3. The molecule has 0 saturated heterocycles. The van der Waals surface area contributed by atoms with E-state index in [0.717, 1.165) is 12.1 Å². The second-order valence-electron chi connectivity index (χ2n) is 5.28. The molecule has 2 aromatic rings. The van der Waals surface area contributed by atoms with Crippen molar-refractivity contribution in [1.82, 2.24) is 10.9 Å². The molecule has 28 heavy (non-hydrogen) atoms. The number of hydrogen-bond donors (Lipinski definition) is 2. The SMILES string of the molecule is COc1ccc(C(=O)NNC(=O)COC(=O)c2ccc(F)c(F)c2)cc1OC. The number of halogens is 2. The maximum absolute atomic E-state index is 13.1. The molecule has 0 spiro atoms. The van der Waals surface area contributed by atoms with E-state index in [1.54, 1.807) is 0 Å². The first-order valence-corrected chi connectivity index (χ1v) is 7.79. The van der Waals surface area contributed by atoms with Gasteiger partial charge in [-0.2, -0.15) is 0 Å². The Morgan fingerprint density at radius 3 is 2.18 bits per heavy atom. The van der Waals surface area contributed by atoms with Gasteiger partial charge < -0.3 is 14.2 Å². The summed E-state index contributed by atoms with van der Waals surface area (Å²) >= 11 is 0. The summed E-state index contributed by atoms with van der Waals surface area (Å²) in [7, 11) is 2.85. The first-order valence-electron chi connectivity index (χ1n) is 7.79. The van der Waals surface area contributed by atoms with Crippen molar-refractivity contribution in [1.29, 1.82) is 0 Å². The molecule has 2 aromatic carbocycles. The minimum atomic E-state index is -1.22. The molecule has 2 amide bonds. The first kappa shape index (κ1) is 20.6. The van der Waals surface area contributed by atoms with Gasteiger partial charge in [0.2, 0.25) is 0 Å². The molecule has 0 bridgehead atoms. The molecule has 0 fully saturated rings. The summed E-state index contributed by atoms with van der Waals surface area (Å²) in [4.78, 5) is 35.4. The molecule has 10 heteroatoms. The standard InChI is InChI=1S/C18H16F2N2O6/c1-26-14-6-4-10(8-15(14)27-2)17(24)22-21-16(23)9-28-18(25)11-3-5-12(19)13(20)7-11/h3-8H,9H2,1-2H3,(H,21,23)(H,22,24). The predicted octanol–water partition coefficient (Wildman–Crippen LogP) is 1.60. The lowest BCUT2D eigenvalue weighted by Crippen LogP contribution is -2.43. The van der Waals surface area contributed by atoms with E-state index in [1.807, 2.05) is 0 Å². The van der Waals surface area contributed by atoms with Crippen LogP contribution in [0.15, 0.2) is 36.4 Å². The first-order chi connectivity index (χ1) is 13.3. The lowest BCUT2D eigenvalue weighted by Gasteiger charge is -2.11. The van der Waals surface area contributed by atoms with Crippen LogP contribution in [-0.4, -0.2) is 38.6 Å². The molecular formula is C18H16F2N2O6. The van der Waals surface area contributed by atoms with Gasteiger partial charge in [-0.15, -0.1) is 0 Å². The Labute approximate surface area is 158 Å². The van der Waals surface area contributed by atoms with E-state index in [-0.39, 0.29) is 11.1 Å². The number of esters is 1. The van der Waals surface area contributed by atoms with Crippen molar-refractivity contribution in [3.63, 3.8) is 0 Å². The van der Waals surface area contributed by atoms with Crippen LogP contribution in [0.4, 0.5) is 8.78 Å².